The molecular weight excluding hydrogens is 260 g/mol. The van der Waals surface area contributed by atoms with Crippen molar-refractivity contribution < 1.29 is 18.4 Å². The predicted molar refractivity (Wildman–Crippen MR) is 72.8 cm³/mol. The van der Waals surface area contributed by atoms with E-state index >= 15 is 0 Å². The molecule has 2 heterocycles. The minimum atomic E-state index is -0.504. The zero-order valence-electron chi connectivity index (χ0n) is 10.8. The third-order valence-corrected chi connectivity index (χ3v) is 2.95. The van der Waals surface area contributed by atoms with Crippen LogP contribution in [0.1, 0.15) is 19.8 Å². The molecule has 3 rings (SSSR count). The van der Waals surface area contributed by atoms with Crippen molar-refractivity contribution in [3.8, 4) is 5.75 Å². The fourth-order valence-electron chi connectivity index (χ4n) is 2.07. The van der Waals surface area contributed by atoms with Crippen LogP contribution in [0.15, 0.2) is 44.2 Å². The molecule has 3 aromatic rings. The van der Waals surface area contributed by atoms with Crippen LogP contribution in [0.25, 0.3) is 21.9 Å². The van der Waals surface area contributed by atoms with Gasteiger partial charge in [-0.1, -0.05) is 6.92 Å². The summed E-state index contributed by atoms with van der Waals surface area (Å²) in [7, 11) is 0. The molecule has 0 bridgehead atoms. The lowest BCUT2D eigenvalue weighted by molar-refractivity contribution is -0.134. The third-order valence-electron chi connectivity index (χ3n) is 2.95. The Bertz CT molecular complexity index is 840. The second-order valence-electron chi connectivity index (χ2n) is 4.44. The number of hydrogen-bond donors (Lipinski definition) is 0. The molecule has 20 heavy (non-hydrogen) atoms. The van der Waals surface area contributed by atoms with E-state index in [9.17, 15) is 9.59 Å². The largest absolute Gasteiger partial charge is 0.460 e. The molecule has 0 atom stereocenters. The molecule has 0 aliphatic carbocycles. The molecule has 5 heteroatoms. The first-order chi connectivity index (χ1) is 9.69. The Hall–Kier alpha value is -2.56. The molecule has 0 spiro atoms. The van der Waals surface area contributed by atoms with Crippen LogP contribution >= 0.6 is 0 Å². The van der Waals surface area contributed by atoms with E-state index < -0.39 is 5.63 Å². The lowest BCUT2D eigenvalue weighted by Gasteiger charge is -2.06. The van der Waals surface area contributed by atoms with Crippen LogP contribution in [-0.2, 0) is 4.79 Å². The van der Waals surface area contributed by atoms with E-state index in [1.165, 1.54) is 12.3 Å². The number of ether oxygens (including phenoxy) is 1. The fourth-order valence-corrected chi connectivity index (χ4v) is 2.07. The molecule has 0 amide bonds. The van der Waals surface area contributed by atoms with Gasteiger partial charge in [-0.15, -0.1) is 0 Å². The molecule has 0 aliphatic rings. The Morgan fingerprint density at radius 1 is 1.20 bits per heavy atom. The van der Waals surface area contributed by atoms with Gasteiger partial charge in [0, 0.05) is 23.3 Å². The van der Waals surface area contributed by atoms with E-state index in [1.807, 2.05) is 13.0 Å². The molecule has 0 radical (unpaired) electrons. The minimum absolute atomic E-state index is 0.165. The molecule has 102 valence electrons. The van der Waals surface area contributed by atoms with Crippen LogP contribution in [0.4, 0.5) is 0 Å². The molecule has 0 fully saturated rings. The number of hydrogen-bond acceptors (Lipinski definition) is 5. The summed E-state index contributed by atoms with van der Waals surface area (Å²) in [5.74, 6) is -0.220. The molecule has 2 aromatic heterocycles. The summed E-state index contributed by atoms with van der Waals surface area (Å²) in [6.45, 7) is 1.88. The van der Waals surface area contributed by atoms with E-state index in [2.05, 4.69) is 0 Å². The Kier molecular flexibility index (Phi) is 3.02. The number of fused-ring (bicyclic) bond motifs is 2. The number of carbonyl (C=O) groups is 1. The van der Waals surface area contributed by atoms with Crippen LogP contribution in [-0.4, -0.2) is 5.97 Å². The molecule has 0 saturated heterocycles. The van der Waals surface area contributed by atoms with Gasteiger partial charge in [0.25, 0.3) is 0 Å². The second-order valence-corrected chi connectivity index (χ2v) is 4.44. The van der Waals surface area contributed by atoms with Crippen molar-refractivity contribution in [3.05, 3.63) is 40.9 Å². The standard InChI is InChI=1S/C15H12O5/c1-2-3-11(16)20-15-13-10(6-7-18-13)8-9-4-5-12(17)19-14(9)15/h4-8H,2-3H2,1H3. The molecule has 0 saturated carbocycles. The van der Waals surface area contributed by atoms with Gasteiger partial charge in [-0.25, -0.2) is 4.79 Å². The molecule has 1 aromatic carbocycles. The number of rotatable bonds is 3. The molecular formula is C15H12O5. The van der Waals surface area contributed by atoms with Crippen molar-refractivity contribution >= 4 is 27.9 Å². The van der Waals surface area contributed by atoms with Crippen molar-refractivity contribution in [2.45, 2.75) is 19.8 Å². The first-order valence-electron chi connectivity index (χ1n) is 6.34. The van der Waals surface area contributed by atoms with Crippen molar-refractivity contribution in [1.29, 1.82) is 0 Å². The number of esters is 1. The lowest BCUT2D eigenvalue weighted by atomic mass is 10.1. The number of benzene rings is 1. The predicted octanol–water partition coefficient (Wildman–Crippen LogP) is 3.24. The Morgan fingerprint density at radius 2 is 2.00 bits per heavy atom. The molecule has 5 nitrogen and oxygen atoms in total. The summed E-state index contributed by atoms with van der Waals surface area (Å²) in [6.07, 6.45) is 2.46. The maximum atomic E-state index is 11.7. The summed E-state index contributed by atoms with van der Waals surface area (Å²) in [6, 6.07) is 6.53. The zero-order valence-corrected chi connectivity index (χ0v) is 10.8. The van der Waals surface area contributed by atoms with Crippen LogP contribution < -0.4 is 10.4 Å². The van der Waals surface area contributed by atoms with Gasteiger partial charge < -0.3 is 13.6 Å². The minimum Gasteiger partial charge on any atom is -0.460 e. The fraction of sp³-hybridized carbons (Fsp3) is 0.200. The molecule has 0 aliphatic heterocycles. The Morgan fingerprint density at radius 3 is 2.80 bits per heavy atom. The number of carbonyl (C=O) groups excluding carboxylic acids is 1. The van der Waals surface area contributed by atoms with Gasteiger partial charge in [0.15, 0.2) is 11.2 Å². The van der Waals surface area contributed by atoms with Crippen molar-refractivity contribution in [3.63, 3.8) is 0 Å². The Labute approximate surface area is 113 Å². The summed E-state index contributed by atoms with van der Waals surface area (Å²) in [4.78, 5) is 23.1. The van der Waals surface area contributed by atoms with Crippen LogP contribution in [0, 0.1) is 0 Å². The van der Waals surface area contributed by atoms with Crippen molar-refractivity contribution in [1.82, 2.24) is 0 Å². The van der Waals surface area contributed by atoms with Gasteiger partial charge in [-0.05, 0) is 24.6 Å². The van der Waals surface area contributed by atoms with Gasteiger partial charge in [0.05, 0.1) is 6.26 Å². The highest BCUT2D eigenvalue weighted by Crippen LogP contribution is 2.35. The van der Waals surface area contributed by atoms with E-state index in [-0.39, 0.29) is 23.7 Å². The summed E-state index contributed by atoms with van der Waals surface area (Å²) in [5, 5.41) is 1.46. The second kappa shape index (κ2) is 4.85. The smallest absolute Gasteiger partial charge is 0.336 e. The number of furan rings is 1. The highest BCUT2D eigenvalue weighted by molar-refractivity contribution is 6.01. The lowest BCUT2D eigenvalue weighted by Crippen LogP contribution is -2.08. The third kappa shape index (κ3) is 2.07. The van der Waals surface area contributed by atoms with Gasteiger partial charge in [0.2, 0.25) is 5.75 Å². The first kappa shape index (κ1) is 12.5. The normalized spacial score (nSPS) is 11.1. The van der Waals surface area contributed by atoms with E-state index in [0.717, 1.165) is 5.39 Å². The van der Waals surface area contributed by atoms with Crippen LogP contribution in [0.5, 0.6) is 5.75 Å². The average Bonchev–Trinajstić information content (AvgIpc) is 2.87. The Balaban J connectivity index is 2.27. The quantitative estimate of drug-likeness (QED) is 0.416. The molecule has 0 N–H and O–H groups in total. The van der Waals surface area contributed by atoms with Crippen LogP contribution in [0.2, 0.25) is 0 Å². The SMILES string of the molecule is CCCC(=O)Oc1c2occc2cc2ccc(=O)oc12. The topological polar surface area (TPSA) is 69.7 Å². The van der Waals surface area contributed by atoms with E-state index in [1.54, 1.807) is 12.1 Å². The summed E-state index contributed by atoms with van der Waals surface area (Å²) >= 11 is 0. The molecule has 0 unspecified atom stereocenters. The van der Waals surface area contributed by atoms with Gasteiger partial charge >= 0.3 is 11.6 Å². The highest BCUT2D eigenvalue weighted by Gasteiger charge is 2.17. The maximum absolute atomic E-state index is 11.7. The monoisotopic (exact) mass is 272 g/mol. The van der Waals surface area contributed by atoms with Crippen molar-refractivity contribution in [2.24, 2.45) is 0 Å². The van der Waals surface area contributed by atoms with Crippen LogP contribution in [0.3, 0.4) is 0 Å². The average molecular weight is 272 g/mol. The van der Waals surface area contributed by atoms with Gasteiger partial charge in [-0.3, -0.25) is 4.79 Å². The summed E-state index contributed by atoms with van der Waals surface area (Å²) < 4.78 is 15.8. The summed E-state index contributed by atoms with van der Waals surface area (Å²) in [5.41, 5.74) is 0.122. The highest BCUT2D eigenvalue weighted by atomic mass is 16.5. The van der Waals surface area contributed by atoms with Gasteiger partial charge in [-0.2, -0.15) is 0 Å². The first-order valence-corrected chi connectivity index (χ1v) is 6.34. The maximum Gasteiger partial charge on any atom is 0.336 e. The van der Waals surface area contributed by atoms with E-state index in [4.69, 9.17) is 13.6 Å². The van der Waals surface area contributed by atoms with Gasteiger partial charge in [0.1, 0.15) is 0 Å². The van der Waals surface area contributed by atoms with E-state index in [0.29, 0.717) is 17.4 Å². The zero-order chi connectivity index (χ0) is 14.1. The van der Waals surface area contributed by atoms with Crippen molar-refractivity contribution in [2.75, 3.05) is 0 Å².